The zero-order valence-electron chi connectivity index (χ0n) is 34.4. The molecule has 2 aliphatic heterocycles. The highest BCUT2D eigenvalue weighted by Gasteiger charge is 2.61. The Morgan fingerprint density at radius 3 is 2.25 bits per heavy atom. The molecule has 1 amide bonds. The quantitative estimate of drug-likeness (QED) is 0.130. The van der Waals surface area contributed by atoms with Crippen LogP contribution in [0.5, 0.6) is 0 Å². The van der Waals surface area contributed by atoms with Crippen molar-refractivity contribution in [2.24, 2.45) is 5.41 Å². The number of amides is 1. The first-order valence-corrected chi connectivity index (χ1v) is 23.4. The first kappa shape index (κ1) is 43.0. The highest BCUT2D eigenvalue weighted by Crippen LogP contribution is 2.48. The third kappa shape index (κ3) is 9.57. The average molecular weight is 768 g/mol. The van der Waals surface area contributed by atoms with E-state index in [4.69, 9.17) is 17.7 Å². The van der Waals surface area contributed by atoms with Gasteiger partial charge in [0.1, 0.15) is 24.1 Å². The van der Waals surface area contributed by atoms with Crippen LogP contribution in [0.25, 0.3) is 0 Å². The maximum Gasteiger partial charge on any atom is 0.351 e. The van der Waals surface area contributed by atoms with Gasteiger partial charge in [0.05, 0.1) is 6.61 Å². The lowest BCUT2D eigenvalue weighted by atomic mass is 9.72. The van der Waals surface area contributed by atoms with Crippen molar-refractivity contribution in [2.45, 2.75) is 156 Å². The number of allylic oxidation sites excluding steroid dienone is 9. The molecule has 1 aromatic rings. The minimum Gasteiger partial charge on any atom is -0.414 e. The van der Waals surface area contributed by atoms with Gasteiger partial charge in [-0.05, 0) is 84.8 Å². The standard InChI is InChI=1S/C41H65N3O7Si2/c1-26(2)52(27(3)4)48-25-34-38(50-53(51-52,28(5)6)29(7)8)37(46)39(49-34)44-23-21-35(43-40(44)47)42-36(45)24-31(10)17-14-16-30(9)19-20-33-32(11)18-15-22-41(33,12)13/h14,16-17,19-21,23-24,26-29,34,37-39,46H,15,18,22,25H2,1-13H3,(H,42,43,45,47)/b17-14+,20-19+,30-16+,31-24+/t34-,37+,38-,39-/m1/s1. The van der Waals surface area contributed by atoms with E-state index < -0.39 is 53.3 Å². The van der Waals surface area contributed by atoms with Crippen molar-refractivity contribution in [2.75, 3.05) is 11.9 Å². The van der Waals surface area contributed by atoms with Crippen LogP contribution in [-0.4, -0.2) is 62.6 Å². The Morgan fingerprint density at radius 2 is 1.66 bits per heavy atom. The van der Waals surface area contributed by atoms with Gasteiger partial charge in [-0.15, -0.1) is 0 Å². The third-order valence-electron chi connectivity index (χ3n) is 11.1. The van der Waals surface area contributed by atoms with Crippen molar-refractivity contribution in [1.82, 2.24) is 9.55 Å². The topological polar surface area (TPSA) is 121 Å². The van der Waals surface area contributed by atoms with Crippen LogP contribution >= 0.6 is 0 Å². The molecule has 4 atom stereocenters. The molecule has 1 aliphatic carbocycles. The largest absolute Gasteiger partial charge is 0.414 e. The maximum absolute atomic E-state index is 13.3. The van der Waals surface area contributed by atoms with E-state index in [0.29, 0.717) is 0 Å². The molecular formula is C41H65N3O7Si2. The summed E-state index contributed by atoms with van der Waals surface area (Å²) in [6.07, 6.45) is 13.1. The van der Waals surface area contributed by atoms with Gasteiger partial charge in [0.25, 0.3) is 0 Å². The fourth-order valence-electron chi connectivity index (χ4n) is 8.09. The molecule has 1 aromatic heterocycles. The minimum absolute atomic E-state index is 0.0740. The molecule has 2 N–H and O–H groups in total. The molecule has 3 heterocycles. The molecule has 53 heavy (non-hydrogen) atoms. The fraction of sp³-hybridized carbons (Fsp3) is 0.634. The summed E-state index contributed by atoms with van der Waals surface area (Å²) in [5.41, 5.74) is 4.73. The first-order chi connectivity index (χ1) is 24.7. The number of nitrogens with zero attached hydrogens (tertiary/aromatic N) is 2. The lowest BCUT2D eigenvalue weighted by molar-refractivity contribution is -0.112. The van der Waals surface area contributed by atoms with Crippen LogP contribution in [0, 0.1) is 5.41 Å². The van der Waals surface area contributed by atoms with Gasteiger partial charge >= 0.3 is 22.8 Å². The van der Waals surface area contributed by atoms with Crippen LogP contribution in [0.3, 0.4) is 0 Å². The molecule has 0 unspecified atom stereocenters. The Labute approximate surface area is 319 Å². The van der Waals surface area contributed by atoms with Gasteiger partial charge in [0.2, 0.25) is 5.91 Å². The molecule has 10 nitrogen and oxygen atoms in total. The van der Waals surface area contributed by atoms with Crippen molar-refractivity contribution in [3.05, 3.63) is 81.5 Å². The summed E-state index contributed by atoms with van der Waals surface area (Å²) in [6, 6.07) is 1.52. The van der Waals surface area contributed by atoms with E-state index >= 15 is 0 Å². The zero-order valence-corrected chi connectivity index (χ0v) is 36.4. The average Bonchev–Trinajstić information content (AvgIpc) is 3.33. The van der Waals surface area contributed by atoms with Crippen molar-refractivity contribution in [3.63, 3.8) is 0 Å². The second-order valence-corrected chi connectivity index (χ2v) is 25.9. The Hall–Kier alpha value is -2.72. The minimum atomic E-state index is -3.00. The van der Waals surface area contributed by atoms with Crippen molar-refractivity contribution in [1.29, 1.82) is 0 Å². The van der Waals surface area contributed by atoms with E-state index in [-0.39, 0.29) is 40.0 Å². The summed E-state index contributed by atoms with van der Waals surface area (Å²) < 4.78 is 28.6. The first-order valence-electron chi connectivity index (χ1n) is 19.4. The SMILES string of the molecule is CC1=C(/C=C/C(C)=C/C=C/C(C)=C/C(=O)Nc2ccn([C@@H]3O[C@@H]4CO[Si](C(C)C)(C(C)C)O[Si](C(C)C)(C(C)C)O[C@H]4[C@@H]3O)c(=O)n2)C(C)(C)CCC1. The van der Waals surface area contributed by atoms with E-state index in [0.717, 1.165) is 17.6 Å². The van der Waals surface area contributed by atoms with Crippen LogP contribution in [0.1, 0.15) is 115 Å². The van der Waals surface area contributed by atoms with E-state index in [1.54, 1.807) is 0 Å². The predicted octanol–water partition coefficient (Wildman–Crippen LogP) is 8.93. The highest BCUT2D eigenvalue weighted by atomic mass is 28.5. The molecule has 4 rings (SSSR count). The third-order valence-corrected chi connectivity index (χ3v) is 21.4. The molecule has 0 saturated carbocycles. The summed E-state index contributed by atoms with van der Waals surface area (Å²) in [5.74, 6) is -0.310. The van der Waals surface area contributed by atoms with E-state index in [1.165, 1.54) is 46.9 Å². The number of hydrogen-bond acceptors (Lipinski definition) is 8. The normalized spacial score (nSPS) is 26.6. The fourth-order valence-corrected chi connectivity index (χ4v) is 19.3. The van der Waals surface area contributed by atoms with Crippen LogP contribution < -0.4 is 11.0 Å². The smallest absolute Gasteiger partial charge is 0.351 e. The van der Waals surface area contributed by atoms with Gasteiger partial charge in [-0.25, -0.2) is 4.79 Å². The number of hydrogen-bond donors (Lipinski definition) is 2. The summed E-state index contributed by atoms with van der Waals surface area (Å²) in [4.78, 5) is 30.3. The molecule has 2 fully saturated rings. The predicted molar refractivity (Wildman–Crippen MR) is 217 cm³/mol. The molecule has 0 aromatic carbocycles. The number of anilines is 1. The summed E-state index contributed by atoms with van der Waals surface area (Å²) in [5, 5.41) is 14.3. The number of rotatable bonds is 11. The maximum atomic E-state index is 13.3. The molecule has 12 heteroatoms. The van der Waals surface area contributed by atoms with Gasteiger partial charge in [-0.1, -0.05) is 111 Å². The molecule has 3 aliphatic rings. The number of fused-ring (bicyclic) bond motifs is 1. The molecule has 0 radical (unpaired) electrons. The molecule has 294 valence electrons. The van der Waals surface area contributed by atoms with Crippen LogP contribution in [-0.2, 0) is 22.5 Å². The number of nitrogens with one attached hydrogen (secondary N) is 1. The van der Waals surface area contributed by atoms with Crippen LogP contribution in [0.4, 0.5) is 5.82 Å². The second kappa shape index (κ2) is 17.4. The summed E-state index contributed by atoms with van der Waals surface area (Å²) in [7, 11) is -5.80. The molecule has 0 spiro atoms. The lowest BCUT2D eigenvalue weighted by Crippen LogP contribution is -2.65. The van der Waals surface area contributed by atoms with Gasteiger partial charge in [0.15, 0.2) is 6.23 Å². The number of aromatic nitrogens is 2. The summed E-state index contributed by atoms with van der Waals surface area (Å²) >= 11 is 0. The van der Waals surface area contributed by atoms with Crippen LogP contribution in [0.2, 0.25) is 22.2 Å². The van der Waals surface area contributed by atoms with Crippen molar-refractivity contribution < 1.29 is 27.6 Å². The number of carbonyl (C=O) groups excluding carboxylic acids is 1. The second-order valence-electron chi connectivity index (χ2n) is 17.0. The zero-order chi connectivity index (χ0) is 39.5. The molecule has 2 saturated heterocycles. The Bertz CT molecular complexity index is 1670. The summed E-state index contributed by atoms with van der Waals surface area (Å²) in [6.45, 7) is 28.0. The van der Waals surface area contributed by atoms with Crippen LogP contribution in [0.15, 0.2) is 75.8 Å². The number of ether oxygens (including phenoxy) is 1. The van der Waals surface area contributed by atoms with Gasteiger partial charge in [0, 0.05) is 12.3 Å². The molecule has 0 bridgehead atoms. The molecular weight excluding hydrogens is 703 g/mol. The Kier molecular flexibility index (Phi) is 14.1. The monoisotopic (exact) mass is 767 g/mol. The number of carbonyl (C=O) groups is 1. The Balaban J connectivity index is 1.46. The number of aliphatic hydroxyl groups excluding tert-OH is 1. The van der Waals surface area contributed by atoms with Crippen molar-refractivity contribution >= 4 is 28.8 Å². The van der Waals surface area contributed by atoms with E-state index in [1.807, 2.05) is 25.2 Å². The van der Waals surface area contributed by atoms with Gasteiger partial charge in [-0.3, -0.25) is 9.36 Å². The van der Waals surface area contributed by atoms with Crippen molar-refractivity contribution in [3.8, 4) is 0 Å². The van der Waals surface area contributed by atoms with E-state index in [2.05, 4.69) is 106 Å². The van der Waals surface area contributed by atoms with Gasteiger partial charge in [-0.2, -0.15) is 4.98 Å². The highest BCUT2D eigenvalue weighted by molar-refractivity contribution is 6.84. The van der Waals surface area contributed by atoms with E-state index in [9.17, 15) is 14.7 Å². The number of aliphatic hydroxyl groups is 1. The lowest BCUT2D eigenvalue weighted by Gasteiger charge is -2.51. The van der Waals surface area contributed by atoms with Gasteiger partial charge < -0.3 is 28.1 Å². The Morgan fingerprint density at radius 1 is 1.02 bits per heavy atom.